The number of rotatable bonds is 7. The van der Waals surface area contributed by atoms with Crippen LogP contribution in [0.4, 0.5) is 5.69 Å². The fraction of sp³-hybridized carbons (Fsp3) is 0.375. The summed E-state index contributed by atoms with van der Waals surface area (Å²) < 4.78 is 5.29. The number of amides is 2. The molecule has 1 fully saturated rings. The fourth-order valence-electron chi connectivity index (χ4n) is 3.45. The largest absolute Gasteiger partial charge is 0.452 e. The van der Waals surface area contributed by atoms with Crippen molar-refractivity contribution in [2.75, 3.05) is 30.8 Å². The number of hydrogen-bond acceptors (Lipinski definition) is 5. The first kappa shape index (κ1) is 22.9. The average Bonchev–Trinajstić information content (AvgIpc) is 2.77. The summed E-state index contributed by atoms with van der Waals surface area (Å²) in [5.74, 6) is -0.256. The first-order valence-electron chi connectivity index (χ1n) is 10.5. The molecule has 2 amide bonds. The van der Waals surface area contributed by atoms with E-state index in [1.165, 1.54) is 11.8 Å². The molecule has 1 aliphatic heterocycles. The van der Waals surface area contributed by atoms with E-state index < -0.39 is 5.97 Å². The minimum absolute atomic E-state index is 0.156. The quantitative estimate of drug-likeness (QED) is 0.517. The first-order valence-corrected chi connectivity index (χ1v) is 11.4. The van der Waals surface area contributed by atoms with Crippen molar-refractivity contribution in [2.24, 2.45) is 5.92 Å². The van der Waals surface area contributed by atoms with Gasteiger partial charge in [0.15, 0.2) is 6.61 Å². The summed E-state index contributed by atoms with van der Waals surface area (Å²) in [5.41, 5.74) is 2.21. The summed E-state index contributed by atoms with van der Waals surface area (Å²) in [6.45, 7) is 5.26. The third kappa shape index (κ3) is 6.85. The molecule has 2 aromatic rings. The van der Waals surface area contributed by atoms with Crippen molar-refractivity contribution in [1.82, 2.24) is 4.90 Å². The highest BCUT2D eigenvalue weighted by atomic mass is 32.2. The van der Waals surface area contributed by atoms with Crippen molar-refractivity contribution in [3.8, 4) is 0 Å². The van der Waals surface area contributed by atoms with Gasteiger partial charge in [0.1, 0.15) is 0 Å². The van der Waals surface area contributed by atoms with Gasteiger partial charge in [0.05, 0.1) is 11.3 Å². The lowest BCUT2D eigenvalue weighted by Crippen LogP contribution is -2.41. The number of likely N-dealkylation sites (tertiary alicyclic amines) is 1. The number of nitrogens with zero attached hydrogens (tertiary/aromatic N) is 1. The van der Waals surface area contributed by atoms with Crippen molar-refractivity contribution in [2.45, 2.75) is 31.6 Å². The number of thioether (sulfide) groups is 1. The smallest absolute Gasteiger partial charge is 0.339 e. The van der Waals surface area contributed by atoms with E-state index in [2.05, 4.69) is 12.2 Å². The number of anilines is 1. The standard InChI is InChI=1S/C24H28N2O4S/c1-17-9-11-19(12-10-17)25-22(27)16-31-21-8-4-3-7-20(21)24(29)30-15-23(28)26-13-5-6-18(2)14-26/h3-4,7-12,18H,5-6,13-16H2,1-2H3,(H,25,27). The predicted octanol–water partition coefficient (Wildman–Crippen LogP) is 4.14. The van der Waals surface area contributed by atoms with E-state index in [-0.39, 0.29) is 24.2 Å². The van der Waals surface area contributed by atoms with Gasteiger partial charge in [-0.25, -0.2) is 4.79 Å². The second-order valence-electron chi connectivity index (χ2n) is 7.86. The summed E-state index contributed by atoms with van der Waals surface area (Å²) in [5, 5.41) is 2.84. The second kappa shape index (κ2) is 11.0. The fourth-order valence-corrected chi connectivity index (χ4v) is 4.29. The van der Waals surface area contributed by atoms with Crippen LogP contribution in [0.15, 0.2) is 53.4 Å². The average molecular weight is 441 g/mol. The Labute approximate surface area is 187 Å². The van der Waals surface area contributed by atoms with Crippen LogP contribution in [-0.4, -0.2) is 48.1 Å². The molecule has 0 radical (unpaired) electrons. The minimum atomic E-state index is -0.555. The number of piperidine rings is 1. The highest BCUT2D eigenvalue weighted by Gasteiger charge is 2.22. The summed E-state index contributed by atoms with van der Waals surface area (Å²) >= 11 is 1.26. The molecule has 164 valence electrons. The van der Waals surface area contributed by atoms with Gasteiger partial charge in [0, 0.05) is 23.7 Å². The maximum atomic E-state index is 12.6. The van der Waals surface area contributed by atoms with Gasteiger partial charge in [0.25, 0.3) is 5.91 Å². The minimum Gasteiger partial charge on any atom is -0.452 e. The van der Waals surface area contributed by atoms with E-state index in [4.69, 9.17) is 4.74 Å². The summed E-state index contributed by atoms with van der Waals surface area (Å²) in [6, 6.07) is 14.5. The molecule has 1 atom stereocenters. The number of hydrogen-bond donors (Lipinski definition) is 1. The highest BCUT2D eigenvalue weighted by Crippen LogP contribution is 2.24. The van der Waals surface area contributed by atoms with Crippen LogP contribution >= 0.6 is 11.8 Å². The lowest BCUT2D eigenvalue weighted by atomic mass is 10.0. The third-order valence-corrected chi connectivity index (χ3v) is 6.21. The van der Waals surface area contributed by atoms with E-state index in [0.717, 1.165) is 24.1 Å². The number of aryl methyl sites for hydroxylation is 1. The van der Waals surface area contributed by atoms with Crippen molar-refractivity contribution in [3.63, 3.8) is 0 Å². The molecule has 1 heterocycles. The summed E-state index contributed by atoms with van der Waals surface area (Å²) in [7, 11) is 0. The van der Waals surface area contributed by atoms with Gasteiger partial charge in [-0.1, -0.05) is 36.8 Å². The van der Waals surface area contributed by atoms with E-state index >= 15 is 0 Å². The number of nitrogens with one attached hydrogen (secondary N) is 1. The molecule has 6 nitrogen and oxygen atoms in total. The van der Waals surface area contributed by atoms with Crippen LogP contribution in [0.3, 0.4) is 0 Å². The maximum Gasteiger partial charge on any atom is 0.339 e. The zero-order chi connectivity index (χ0) is 22.2. The van der Waals surface area contributed by atoms with Crippen LogP contribution in [0.5, 0.6) is 0 Å². The Balaban J connectivity index is 1.52. The molecule has 0 aromatic heterocycles. The summed E-state index contributed by atoms with van der Waals surface area (Å²) in [6.07, 6.45) is 2.09. The van der Waals surface area contributed by atoms with Crippen molar-refractivity contribution < 1.29 is 19.1 Å². The molecule has 0 bridgehead atoms. The Kier molecular flexibility index (Phi) is 8.12. The number of benzene rings is 2. The number of carbonyl (C=O) groups excluding carboxylic acids is 3. The van der Waals surface area contributed by atoms with Crippen LogP contribution in [0.1, 0.15) is 35.7 Å². The number of carbonyl (C=O) groups is 3. The molecule has 1 aliphatic rings. The summed E-state index contributed by atoms with van der Waals surface area (Å²) in [4.78, 5) is 39.6. The zero-order valence-corrected chi connectivity index (χ0v) is 18.7. The van der Waals surface area contributed by atoms with Crippen LogP contribution in [0, 0.1) is 12.8 Å². The molecule has 2 aromatic carbocycles. The number of esters is 1. The van der Waals surface area contributed by atoms with E-state index in [1.54, 1.807) is 29.2 Å². The van der Waals surface area contributed by atoms with Gasteiger partial charge in [-0.15, -0.1) is 11.8 Å². The Morgan fingerprint density at radius 2 is 1.87 bits per heavy atom. The molecule has 1 saturated heterocycles. The van der Waals surface area contributed by atoms with Gasteiger partial charge in [-0.3, -0.25) is 9.59 Å². The van der Waals surface area contributed by atoms with Crippen LogP contribution in [0.25, 0.3) is 0 Å². The van der Waals surface area contributed by atoms with Crippen LogP contribution < -0.4 is 5.32 Å². The SMILES string of the molecule is Cc1ccc(NC(=O)CSc2ccccc2C(=O)OCC(=O)N2CCCC(C)C2)cc1. The molecule has 0 aliphatic carbocycles. The normalized spacial score (nSPS) is 15.9. The molecule has 1 unspecified atom stereocenters. The third-order valence-electron chi connectivity index (χ3n) is 5.14. The van der Waals surface area contributed by atoms with E-state index in [1.807, 2.05) is 31.2 Å². The molecule has 1 N–H and O–H groups in total. The lowest BCUT2D eigenvalue weighted by Gasteiger charge is -2.30. The number of ether oxygens (including phenoxy) is 1. The lowest BCUT2D eigenvalue weighted by molar-refractivity contribution is -0.136. The molecule has 3 rings (SSSR count). The molecule has 31 heavy (non-hydrogen) atoms. The molecular formula is C24H28N2O4S. The Morgan fingerprint density at radius 3 is 2.61 bits per heavy atom. The second-order valence-corrected chi connectivity index (χ2v) is 8.88. The molecule has 0 spiro atoms. The van der Waals surface area contributed by atoms with Gasteiger partial charge < -0.3 is 15.0 Å². The Morgan fingerprint density at radius 1 is 1.13 bits per heavy atom. The van der Waals surface area contributed by atoms with Gasteiger partial charge >= 0.3 is 5.97 Å². The predicted molar refractivity (Wildman–Crippen MR) is 122 cm³/mol. The topological polar surface area (TPSA) is 75.7 Å². The monoisotopic (exact) mass is 440 g/mol. The molecule has 0 saturated carbocycles. The van der Waals surface area contributed by atoms with Gasteiger partial charge in [-0.2, -0.15) is 0 Å². The molecule has 7 heteroatoms. The molecular weight excluding hydrogens is 412 g/mol. The van der Waals surface area contributed by atoms with Crippen LogP contribution in [-0.2, 0) is 14.3 Å². The Bertz CT molecular complexity index is 929. The Hall–Kier alpha value is -2.80. The van der Waals surface area contributed by atoms with Gasteiger partial charge in [-0.05, 0) is 49.9 Å². The van der Waals surface area contributed by atoms with Crippen LogP contribution in [0.2, 0.25) is 0 Å². The maximum absolute atomic E-state index is 12.6. The first-order chi connectivity index (χ1) is 14.9. The van der Waals surface area contributed by atoms with E-state index in [9.17, 15) is 14.4 Å². The van der Waals surface area contributed by atoms with Crippen molar-refractivity contribution >= 4 is 35.2 Å². The van der Waals surface area contributed by atoms with Crippen molar-refractivity contribution in [1.29, 1.82) is 0 Å². The van der Waals surface area contributed by atoms with E-state index in [0.29, 0.717) is 29.5 Å². The highest BCUT2D eigenvalue weighted by molar-refractivity contribution is 8.00. The van der Waals surface area contributed by atoms with Gasteiger partial charge in [0.2, 0.25) is 5.91 Å². The van der Waals surface area contributed by atoms with Crippen molar-refractivity contribution in [3.05, 3.63) is 59.7 Å². The zero-order valence-electron chi connectivity index (χ0n) is 17.9.